The Kier molecular flexibility index (Phi) is 5.74. The van der Waals surface area contributed by atoms with Crippen LogP contribution in [0.3, 0.4) is 0 Å². The minimum Gasteiger partial charge on any atom is -0.464 e. The van der Waals surface area contributed by atoms with Crippen molar-refractivity contribution in [1.82, 2.24) is 4.98 Å². The molecule has 0 amide bonds. The van der Waals surface area contributed by atoms with Crippen molar-refractivity contribution in [3.8, 4) is 0 Å². The average Bonchev–Trinajstić information content (AvgIpc) is 2.45. The predicted molar refractivity (Wildman–Crippen MR) is 65.2 cm³/mol. The summed E-state index contributed by atoms with van der Waals surface area (Å²) in [4.78, 5) is 17.6. The molecule has 0 aromatic carbocycles. The van der Waals surface area contributed by atoms with Gasteiger partial charge in [0.15, 0.2) is 0 Å². The van der Waals surface area contributed by atoms with Gasteiger partial charge in [0.1, 0.15) is 11.8 Å². The molecular weight excluding hydrogens is 252 g/mol. The fourth-order valence-corrected chi connectivity index (χ4v) is 1.46. The van der Waals surface area contributed by atoms with Crippen LogP contribution in [0, 0.1) is 0 Å². The molecule has 2 atom stereocenters. The number of nitrogens with zero attached hydrogens (tertiary/aromatic N) is 4. The number of hydrogen-bond donors (Lipinski definition) is 2. The molecule has 2 N–H and O–H groups in total. The first-order chi connectivity index (χ1) is 9.10. The molecule has 102 valence electrons. The van der Waals surface area contributed by atoms with E-state index in [1.54, 1.807) is 0 Å². The molecule has 19 heavy (non-hydrogen) atoms. The molecule has 0 spiro atoms. The van der Waals surface area contributed by atoms with Crippen LogP contribution in [0.5, 0.6) is 0 Å². The highest BCUT2D eigenvalue weighted by molar-refractivity contribution is 5.87. The maximum atomic E-state index is 11.3. The molecule has 0 saturated heterocycles. The van der Waals surface area contributed by atoms with Gasteiger partial charge in [0.05, 0.1) is 13.2 Å². The van der Waals surface area contributed by atoms with E-state index in [0.29, 0.717) is 5.56 Å². The minimum absolute atomic E-state index is 0.0429. The number of pyridine rings is 1. The second-order valence-corrected chi connectivity index (χ2v) is 3.72. The van der Waals surface area contributed by atoms with Crippen molar-refractivity contribution in [3.63, 3.8) is 0 Å². The molecule has 8 heteroatoms. The molecule has 0 saturated carbocycles. The van der Waals surface area contributed by atoms with Gasteiger partial charge in [0, 0.05) is 17.7 Å². The Morgan fingerprint density at radius 3 is 3.00 bits per heavy atom. The molecule has 1 heterocycles. The van der Waals surface area contributed by atoms with E-state index in [1.165, 1.54) is 25.4 Å². The summed E-state index contributed by atoms with van der Waals surface area (Å²) in [5, 5.41) is 22.9. The van der Waals surface area contributed by atoms with Gasteiger partial charge in [-0.1, -0.05) is 5.11 Å². The van der Waals surface area contributed by atoms with Crippen molar-refractivity contribution in [3.05, 3.63) is 40.0 Å². The number of aliphatic hydroxyl groups excluding tert-OH is 2. The van der Waals surface area contributed by atoms with Crippen molar-refractivity contribution < 1.29 is 19.7 Å². The normalized spacial score (nSPS) is 13.2. The second kappa shape index (κ2) is 7.32. The van der Waals surface area contributed by atoms with Crippen LogP contribution in [0.25, 0.3) is 10.4 Å². The number of aliphatic hydroxyl groups is 2. The Morgan fingerprint density at radius 2 is 2.37 bits per heavy atom. The van der Waals surface area contributed by atoms with Crippen LogP contribution >= 0.6 is 0 Å². The van der Waals surface area contributed by atoms with E-state index in [-0.39, 0.29) is 18.7 Å². The lowest BCUT2D eigenvalue weighted by atomic mass is 10.0. The quantitative estimate of drug-likeness (QED) is 0.343. The van der Waals surface area contributed by atoms with E-state index in [2.05, 4.69) is 19.7 Å². The first-order valence-corrected chi connectivity index (χ1v) is 5.51. The molecule has 2 unspecified atom stereocenters. The fraction of sp³-hybridized carbons (Fsp3) is 0.455. The molecule has 0 aliphatic heterocycles. The first kappa shape index (κ1) is 14.9. The van der Waals surface area contributed by atoms with Crippen molar-refractivity contribution >= 4 is 5.97 Å². The highest BCUT2D eigenvalue weighted by Crippen LogP contribution is 2.19. The average molecular weight is 266 g/mol. The van der Waals surface area contributed by atoms with Crippen LogP contribution < -0.4 is 0 Å². The molecule has 0 fully saturated rings. The lowest BCUT2D eigenvalue weighted by molar-refractivity contribution is 0.0149. The van der Waals surface area contributed by atoms with Gasteiger partial charge in [0.25, 0.3) is 0 Å². The van der Waals surface area contributed by atoms with Crippen molar-refractivity contribution in [2.24, 2.45) is 5.11 Å². The summed E-state index contributed by atoms with van der Waals surface area (Å²) >= 11 is 0. The third-order valence-electron chi connectivity index (χ3n) is 2.47. The summed E-state index contributed by atoms with van der Waals surface area (Å²) < 4.78 is 4.51. The Labute approximate surface area is 109 Å². The van der Waals surface area contributed by atoms with E-state index in [4.69, 9.17) is 5.53 Å². The van der Waals surface area contributed by atoms with E-state index in [0.717, 1.165) is 0 Å². The summed E-state index contributed by atoms with van der Waals surface area (Å²) in [5.74, 6) is -0.627. The lowest BCUT2D eigenvalue weighted by Gasteiger charge is -2.17. The van der Waals surface area contributed by atoms with E-state index in [9.17, 15) is 15.0 Å². The standard InChI is InChI=1S/C11H14N4O4/c1-19-11(18)8-6-7(2-4-13-8)10(17)9(16)3-5-14-15-12/h2,4,6,9-10,16-17H,3,5H2,1H3. The Bertz CT molecular complexity index is 487. The van der Waals surface area contributed by atoms with Gasteiger partial charge in [-0.2, -0.15) is 0 Å². The SMILES string of the molecule is COC(=O)c1cc(C(O)C(O)CCN=[N+]=[N-])ccn1. The maximum Gasteiger partial charge on any atom is 0.356 e. The van der Waals surface area contributed by atoms with E-state index >= 15 is 0 Å². The van der Waals surface area contributed by atoms with Crippen molar-refractivity contribution in [2.75, 3.05) is 13.7 Å². The molecule has 0 radical (unpaired) electrons. The third kappa shape index (κ3) is 4.22. The second-order valence-electron chi connectivity index (χ2n) is 3.72. The molecule has 0 aliphatic carbocycles. The topological polar surface area (TPSA) is 128 Å². The van der Waals surface area contributed by atoms with Crippen LogP contribution in [0.4, 0.5) is 0 Å². The van der Waals surface area contributed by atoms with Gasteiger partial charge >= 0.3 is 5.97 Å². The number of hydrogen-bond acceptors (Lipinski definition) is 6. The number of carbonyl (C=O) groups excluding carboxylic acids is 1. The number of ether oxygens (including phenoxy) is 1. The third-order valence-corrected chi connectivity index (χ3v) is 2.47. The van der Waals surface area contributed by atoms with Crippen LogP contribution in [-0.2, 0) is 4.74 Å². The van der Waals surface area contributed by atoms with Gasteiger partial charge in [-0.25, -0.2) is 9.78 Å². The number of azide groups is 1. The van der Waals surface area contributed by atoms with Gasteiger partial charge in [-0.05, 0) is 29.6 Å². The van der Waals surface area contributed by atoms with Crippen LogP contribution in [0.1, 0.15) is 28.6 Å². The van der Waals surface area contributed by atoms with Gasteiger partial charge < -0.3 is 14.9 Å². The smallest absolute Gasteiger partial charge is 0.356 e. The van der Waals surface area contributed by atoms with Crippen molar-refractivity contribution in [1.29, 1.82) is 0 Å². The monoisotopic (exact) mass is 266 g/mol. The van der Waals surface area contributed by atoms with Gasteiger partial charge in [-0.3, -0.25) is 0 Å². The molecule has 0 aliphatic rings. The van der Waals surface area contributed by atoms with Crippen LogP contribution in [0.2, 0.25) is 0 Å². The predicted octanol–water partition coefficient (Wildman–Crippen LogP) is 0.963. The summed E-state index contributed by atoms with van der Waals surface area (Å²) in [7, 11) is 1.22. The Hall–Kier alpha value is -2.15. The summed E-state index contributed by atoms with van der Waals surface area (Å²) in [6.07, 6.45) is -0.842. The lowest BCUT2D eigenvalue weighted by Crippen LogP contribution is -2.19. The zero-order chi connectivity index (χ0) is 14.3. The molecule has 1 rings (SSSR count). The highest BCUT2D eigenvalue weighted by Gasteiger charge is 2.19. The number of esters is 1. The van der Waals surface area contributed by atoms with E-state index in [1.807, 2.05) is 0 Å². The zero-order valence-electron chi connectivity index (χ0n) is 10.3. The van der Waals surface area contributed by atoms with Crippen LogP contribution in [0.15, 0.2) is 23.4 Å². The van der Waals surface area contributed by atoms with Gasteiger partial charge in [0.2, 0.25) is 0 Å². The van der Waals surface area contributed by atoms with Gasteiger partial charge in [-0.15, -0.1) is 0 Å². The molecule has 1 aromatic heterocycles. The number of rotatable bonds is 6. The largest absolute Gasteiger partial charge is 0.464 e. The number of aromatic nitrogens is 1. The molecule has 1 aromatic rings. The van der Waals surface area contributed by atoms with Crippen molar-refractivity contribution in [2.45, 2.75) is 18.6 Å². The van der Waals surface area contributed by atoms with E-state index < -0.39 is 18.2 Å². The summed E-state index contributed by atoms with van der Waals surface area (Å²) in [6, 6.07) is 2.82. The maximum absolute atomic E-state index is 11.3. The molecular formula is C11H14N4O4. The summed E-state index contributed by atoms with van der Waals surface area (Å²) in [5.41, 5.74) is 8.49. The first-order valence-electron chi connectivity index (χ1n) is 5.51. The molecule has 0 bridgehead atoms. The minimum atomic E-state index is -1.19. The number of carbonyl (C=O) groups is 1. The van der Waals surface area contributed by atoms with Crippen LogP contribution in [-0.4, -0.2) is 40.9 Å². The fourth-order valence-electron chi connectivity index (χ4n) is 1.46. The summed E-state index contributed by atoms with van der Waals surface area (Å²) in [6.45, 7) is 0.0731. The Balaban J connectivity index is 2.78. The highest BCUT2D eigenvalue weighted by atomic mass is 16.5. The molecule has 8 nitrogen and oxygen atoms in total. The number of methoxy groups -OCH3 is 1. The zero-order valence-corrected chi connectivity index (χ0v) is 10.3. The Morgan fingerprint density at radius 1 is 1.63 bits per heavy atom.